The van der Waals surface area contributed by atoms with Crippen LogP contribution in [-0.2, 0) is 4.79 Å². The van der Waals surface area contributed by atoms with Crippen molar-refractivity contribution in [2.24, 2.45) is 0 Å². The van der Waals surface area contributed by atoms with Gasteiger partial charge in [-0.2, -0.15) is 0 Å². The second-order valence-electron chi connectivity index (χ2n) is 3.96. The summed E-state index contributed by atoms with van der Waals surface area (Å²) >= 11 is 0. The Labute approximate surface area is 91.9 Å². The first-order valence-electron chi connectivity index (χ1n) is 4.97. The van der Waals surface area contributed by atoms with Crippen molar-refractivity contribution in [2.75, 3.05) is 18.0 Å². The van der Waals surface area contributed by atoms with Gasteiger partial charge in [-0.1, -0.05) is 0 Å². The van der Waals surface area contributed by atoms with Gasteiger partial charge in [-0.3, -0.25) is 0 Å². The van der Waals surface area contributed by atoms with Crippen LogP contribution in [-0.4, -0.2) is 34.9 Å². The summed E-state index contributed by atoms with van der Waals surface area (Å²) < 4.78 is 13.8. The van der Waals surface area contributed by atoms with Crippen molar-refractivity contribution >= 4 is 11.7 Å². The molecule has 1 unspecified atom stereocenters. The molecule has 16 heavy (non-hydrogen) atoms. The van der Waals surface area contributed by atoms with Crippen LogP contribution in [0.4, 0.5) is 10.1 Å². The highest BCUT2D eigenvalue weighted by atomic mass is 19.1. The first kappa shape index (κ1) is 10.7. The molecule has 1 saturated heterocycles. The van der Waals surface area contributed by atoms with E-state index in [0.29, 0.717) is 6.54 Å². The molecule has 0 aromatic heterocycles. The highest BCUT2D eigenvalue weighted by Crippen LogP contribution is 2.30. The van der Waals surface area contributed by atoms with E-state index in [1.54, 1.807) is 17.0 Å². The van der Waals surface area contributed by atoms with E-state index in [-0.39, 0.29) is 18.7 Å². The van der Waals surface area contributed by atoms with E-state index < -0.39 is 11.6 Å². The van der Waals surface area contributed by atoms with Crippen LogP contribution in [0.25, 0.3) is 0 Å². The summed E-state index contributed by atoms with van der Waals surface area (Å²) in [5, 5.41) is 17.8. The van der Waals surface area contributed by atoms with E-state index in [0.717, 1.165) is 5.69 Å². The molecule has 0 saturated carbocycles. The quantitative estimate of drug-likeness (QED) is 0.798. The Balaban J connectivity index is 2.15. The number of hydrogen-bond acceptors (Lipinski definition) is 3. The topological polar surface area (TPSA) is 60.8 Å². The molecule has 0 amide bonds. The van der Waals surface area contributed by atoms with Gasteiger partial charge < -0.3 is 15.1 Å². The average molecular weight is 225 g/mol. The molecule has 0 spiro atoms. The van der Waals surface area contributed by atoms with Gasteiger partial charge >= 0.3 is 5.97 Å². The fraction of sp³-hybridized carbons (Fsp3) is 0.364. The Morgan fingerprint density at radius 2 is 2.00 bits per heavy atom. The number of carboxylic acid groups (broad SMARTS) is 1. The predicted octanol–water partition coefficient (Wildman–Crippen LogP) is 1.40. The molecule has 1 aromatic carbocycles. The van der Waals surface area contributed by atoms with E-state index in [4.69, 9.17) is 10.2 Å². The van der Waals surface area contributed by atoms with Crippen molar-refractivity contribution in [3.05, 3.63) is 24.3 Å². The Morgan fingerprint density at radius 1 is 1.38 bits per heavy atom. The van der Waals surface area contributed by atoms with Gasteiger partial charge in [0.15, 0.2) is 0 Å². The summed E-state index contributed by atoms with van der Waals surface area (Å²) in [6, 6.07) is 6.27. The highest BCUT2D eigenvalue weighted by molar-refractivity contribution is 5.79. The van der Waals surface area contributed by atoms with Crippen LogP contribution in [0.1, 0.15) is 6.42 Å². The van der Waals surface area contributed by atoms with E-state index >= 15 is 0 Å². The highest BCUT2D eigenvalue weighted by Gasteiger charge is 2.45. The molecule has 1 aliphatic heterocycles. The number of phenolic OH excluding ortho intramolecular Hbond substituents is 1. The molecule has 1 aromatic rings. The number of aromatic hydroxyl groups is 1. The summed E-state index contributed by atoms with van der Waals surface area (Å²) in [6.45, 7) is 0.223. The smallest absolute Gasteiger partial charge is 0.343 e. The van der Waals surface area contributed by atoms with Crippen molar-refractivity contribution < 1.29 is 19.4 Å². The van der Waals surface area contributed by atoms with Crippen LogP contribution in [0.5, 0.6) is 5.75 Å². The fourth-order valence-electron chi connectivity index (χ4n) is 1.83. The number of nitrogens with zero attached hydrogens (tertiary/aromatic N) is 1. The lowest BCUT2D eigenvalue weighted by atomic mass is 10.1. The molecule has 0 aliphatic carbocycles. The maximum Gasteiger partial charge on any atom is 0.343 e. The number of alkyl halides is 1. The second kappa shape index (κ2) is 3.66. The Morgan fingerprint density at radius 3 is 2.50 bits per heavy atom. The minimum atomic E-state index is -2.15. The molecule has 5 heteroatoms. The van der Waals surface area contributed by atoms with Crippen molar-refractivity contribution in [2.45, 2.75) is 12.1 Å². The van der Waals surface area contributed by atoms with Crippen LogP contribution in [0.3, 0.4) is 0 Å². The molecule has 1 heterocycles. The number of benzene rings is 1. The van der Waals surface area contributed by atoms with E-state index in [2.05, 4.69) is 0 Å². The van der Waals surface area contributed by atoms with Gasteiger partial charge in [0.25, 0.3) is 0 Å². The first-order valence-corrected chi connectivity index (χ1v) is 4.97. The average Bonchev–Trinajstić information content (AvgIpc) is 2.63. The maximum absolute atomic E-state index is 13.8. The molecule has 86 valence electrons. The number of rotatable bonds is 2. The lowest BCUT2D eigenvalue weighted by Crippen LogP contribution is -2.36. The maximum atomic E-state index is 13.8. The van der Waals surface area contributed by atoms with Crippen LogP contribution in [0.15, 0.2) is 24.3 Å². The van der Waals surface area contributed by atoms with Gasteiger partial charge in [0.1, 0.15) is 5.75 Å². The summed E-state index contributed by atoms with van der Waals surface area (Å²) in [4.78, 5) is 12.4. The van der Waals surface area contributed by atoms with Gasteiger partial charge in [0, 0.05) is 18.7 Å². The zero-order valence-corrected chi connectivity index (χ0v) is 8.56. The number of aliphatic carboxylic acids is 1. The lowest BCUT2D eigenvalue weighted by Gasteiger charge is -2.19. The standard InChI is InChI=1S/C11H12FNO3/c12-11(10(15)16)5-6-13(7-11)8-1-3-9(14)4-2-8/h1-4,14H,5-7H2,(H,15,16). The van der Waals surface area contributed by atoms with Gasteiger partial charge in [0.05, 0.1) is 6.54 Å². The van der Waals surface area contributed by atoms with Crippen molar-refractivity contribution in [3.8, 4) is 5.75 Å². The van der Waals surface area contributed by atoms with Crippen molar-refractivity contribution in [1.29, 1.82) is 0 Å². The number of phenols is 1. The Hall–Kier alpha value is -1.78. The van der Waals surface area contributed by atoms with E-state index in [1.807, 2.05) is 0 Å². The van der Waals surface area contributed by atoms with E-state index in [9.17, 15) is 9.18 Å². The largest absolute Gasteiger partial charge is 0.508 e. The molecule has 1 fully saturated rings. The third-order valence-electron chi connectivity index (χ3n) is 2.82. The molecule has 2 N–H and O–H groups in total. The number of carboxylic acids is 1. The third kappa shape index (κ3) is 1.80. The van der Waals surface area contributed by atoms with Gasteiger partial charge in [-0.25, -0.2) is 9.18 Å². The molecule has 0 radical (unpaired) electrons. The number of hydrogen-bond donors (Lipinski definition) is 2. The number of carbonyl (C=O) groups is 1. The van der Waals surface area contributed by atoms with Gasteiger partial charge in [-0.05, 0) is 24.3 Å². The van der Waals surface area contributed by atoms with E-state index in [1.165, 1.54) is 12.1 Å². The lowest BCUT2D eigenvalue weighted by molar-refractivity contribution is -0.149. The SMILES string of the molecule is O=C(O)C1(F)CCN(c2ccc(O)cc2)C1. The minimum absolute atomic E-state index is 0.0107. The van der Waals surface area contributed by atoms with Crippen LogP contribution >= 0.6 is 0 Å². The van der Waals surface area contributed by atoms with Crippen LogP contribution < -0.4 is 4.90 Å². The summed E-state index contributed by atoms with van der Waals surface area (Å²) in [5.74, 6) is -1.28. The third-order valence-corrected chi connectivity index (χ3v) is 2.82. The fourth-order valence-corrected chi connectivity index (χ4v) is 1.83. The molecular formula is C11H12FNO3. The molecule has 1 atom stereocenters. The normalized spacial score (nSPS) is 24.7. The monoisotopic (exact) mass is 225 g/mol. The summed E-state index contributed by atoms with van der Waals surface area (Å²) in [5.41, 5.74) is -1.43. The second-order valence-corrected chi connectivity index (χ2v) is 3.96. The molecule has 4 nitrogen and oxygen atoms in total. The Kier molecular flexibility index (Phi) is 2.46. The molecule has 1 aliphatic rings. The number of anilines is 1. The predicted molar refractivity (Wildman–Crippen MR) is 56.4 cm³/mol. The van der Waals surface area contributed by atoms with Crippen LogP contribution in [0.2, 0.25) is 0 Å². The minimum Gasteiger partial charge on any atom is -0.508 e. The zero-order valence-electron chi connectivity index (χ0n) is 8.56. The van der Waals surface area contributed by atoms with Gasteiger partial charge in [-0.15, -0.1) is 0 Å². The Bertz CT molecular complexity index is 406. The first-order chi connectivity index (χ1) is 7.51. The summed E-state index contributed by atoms with van der Waals surface area (Å²) in [6.07, 6.45) is -0.0107. The molecule has 0 bridgehead atoms. The molecule has 2 rings (SSSR count). The zero-order chi connectivity index (χ0) is 11.8. The summed E-state index contributed by atoms with van der Waals surface area (Å²) in [7, 11) is 0. The van der Waals surface area contributed by atoms with Gasteiger partial charge in [0.2, 0.25) is 5.67 Å². The van der Waals surface area contributed by atoms with Crippen molar-refractivity contribution in [1.82, 2.24) is 0 Å². The number of halogens is 1. The van der Waals surface area contributed by atoms with Crippen LogP contribution in [0, 0.1) is 0 Å². The van der Waals surface area contributed by atoms with Crippen molar-refractivity contribution in [3.63, 3.8) is 0 Å². The molecular weight excluding hydrogens is 213 g/mol.